The summed E-state index contributed by atoms with van der Waals surface area (Å²) >= 11 is 0. The molecule has 1 aromatic rings. The second-order valence-corrected chi connectivity index (χ2v) is 5.38. The van der Waals surface area contributed by atoms with E-state index < -0.39 is 0 Å². The van der Waals surface area contributed by atoms with Gasteiger partial charge in [0.15, 0.2) is 0 Å². The maximum Gasteiger partial charge on any atom is 0.0474 e. The molecule has 0 radical (unpaired) electrons. The number of nitrogens with zero attached hydrogens (tertiary/aromatic N) is 1. The summed E-state index contributed by atoms with van der Waals surface area (Å²) in [6, 6.07) is 4.73. The normalized spacial score (nSPS) is 15.1. The van der Waals surface area contributed by atoms with Crippen LogP contribution in [0, 0.1) is 26.7 Å². The van der Waals surface area contributed by atoms with Crippen LogP contribution in [-0.4, -0.2) is 30.7 Å². The smallest absolute Gasteiger partial charge is 0.0474 e. The molecule has 0 saturated heterocycles. The molecular formula is C15H25NO. The molecule has 0 spiro atoms. The molecule has 0 bridgehead atoms. The van der Waals surface area contributed by atoms with E-state index in [2.05, 4.69) is 58.8 Å². The van der Waals surface area contributed by atoms with Crippen molar-refractivity contribution in [1.29, 1.82) is 0 Å². The molecule has 0 aromatic heterocycles. The molecule has 0 fully saturated rings. The lowest BCUT2D eigenvalue weighted by Crippen LogP contribution is -2.29. The second-order valence-electron chi connectivity index (χ2n) is 5.38. The lowest BCUT2D eigenvalue weighted by Gasteiger charge is -2.32. The van der Waals surface area contributed by atoms with Gasteiger partial charge < -0.3 is 10.0 Å². The van der Waals surface area contributed by atoms with Crippen LogP contribution in [0.3, 0.4) is 0 Å². The van der Waals surface area contributed by atoms with Gasteiger partial charge in [-0.25, -0.2) is 0 Å². The first kappa shape index (κ1) is 14.2. The summed E-state index contributed by atoms with van der Waals surface area (Å²) in [6.45, 7) is 8.77. The zero-order valence-electron chi connectivity index (χ0n) is 11.9. The minimum atomic E-state index is 0.218. The van der Waals surface area contributed by atoms with Gasteiger partial charge in [0.05, 0.1) is 0 Å². The minimum Gasteiger partial charge on any atom is -0.396 e. The van der Waals surface area contributed by atoms with Crippen LogP contribution in [0.25, 0.3) is 0 Å². The first-order valence-corrected chi connectivity index (χ1v) is 6.23. The fourth-order valence-electron chi connectivity index (χ4n) is 2.81. The monoisotopic (exact) mass is 235 g/mol. The maximum atomic E-state index is 9.43. The molecule has 1 rings (SSSR count). The van der Waals surface area contributed by atoms with Crippen LogP contribution in [0.15, 0.2) is 12.1 Å². The van der Waals surface area contributed by atoms with Crippen molar-refractivity contribution in [2.75, 3.05) is 20.7 Å². The molecule has 0 aliphatic carbocycles. The SMILES string of the molecule is Cc1cc(C)c(C(C(C)CO)N(C)C)c(C)c1. The number of aliphatic hydroxyl groups excluding tert-OH is 1. The Morgan fingerprint density at radius 2 is 1.59 bits per heavy atom. The lowest BCUT2D eigenvalue weighted by atomic mass is 9.87. The fourth-order valence-corrected chi connectivity index (χ4v) is 2.81. The van der Waals surface area contributed by atoms with Crippen molar-refractivity contribution >= 4 is 0 Å². The van der Waals surface area contributed by atoms with Gasteiger partial charge in [0.25, 0.3) is 0 Å². The number of hydrogen-bond donors (Lipinski definition) is 1. The molecular weight excluding hydrogens is 210 g/mol. The van der Waals surface area contributed by atoms with E-state index in [0.29, 0.717) is 0 Å². The fraction of sp³-hybridized carbons (Fsp3) is 0.600. The van der Waals surface area contributed by atoms with Crippen molar-refractivity contribution in [3.63, 3.8) is 0 Å². The van der Waals surface area contributed by atoms with Crippen molar-refractivity contribution in [2.45, 2.75) is 33.7 Å². The summed E-state index contributed by atoms with van der Waals surface area (Å²) in [4.78, 5) is 2.20. The highest BCUT2D eigenvalue weighted by Crippen LogP contribution is 2.32. The maximum absolute atomic E-state index is 9.43. The van der Waals surface area contributed by atoms with Gasteiger partial charge >= 0.3 is 0 Å². The molecule has 17 heavy (non-hydrogen) atoms. The molecule has 0 amide bonds. The third-order valence-corrected chi connectivity index (χ3v) is 3.42. The lowest BCUT2D eigenvalue weighted by molar-refractivity contribution is 0.145. The summed E-state index contributed by atoms with van der Waals surface area (Å²) in [5.41, 5.74) is 5.31. The zero-order valence-corrected chi connectivity index (χ0v) is 11.9. The van der Waals surface area contributed by atoms with Crippen LogP contribution in [0.5, 0.6) is 0 Å². The second kappa shape index (κ2) is 5.65. The van der Waals surface area contributed by atoms with Gasteiger partial charge in [0.1, 0.15) is 0 Å². The summed E-state index contributed by atoms with van der Waals surface area (Å²) in [6.07, 6.45) is 0. The molecule has 2 unspecified atom stereocenters. The number of aliphatic hydroxyl groups is 1. The molecule has 2 heteroatoms. The summed E-state index contributed by atoms with van der Waals surface area (Å²) in [5, 5.41) is 9.43. The van der Waals surface area contributed by atoms with Crippen LogP contribution in [0.1, 0.15) is 35.2 Å². The summed E-state index contributed by atoms with van der Waals surface area (Å²) in [5.74, 6) is 0.241. The van der Waals surface area contributed by atoms with E-state index in [-0.39, 0.29) is 18.6 Å². The van der Waals surface area contributed by atoms with E-state index in [0.717, 1.165) is 0 Å². The molecule has 2 nitrogen and oxygen atoms in total. The zero-order chi connectivity index (χ0) is 13.2. The first-order valence-electron chi connectivity index (χ1n) is 6.23. The Balaban J connectivity index is 3.28. The topological polar surface area (TPSA) is 23.5 Å². The quantitative estimate of drug-likeness (QED) is 0.867. The molecule has 1 N–H and O–H groups in total. The van der Waals surface area contributed by atoms with Crippen LogP contribution in [0.2, 0.25) is 0 Å². The Morgan fingerprint density at radius 3 is 1.94 bits per heavy atom. The van der Waals surface area contributed by atoms with Gasteiger partial charge in [-0.3, -0.25) is 0 Å². The summed E-state index contributed by atoms with van der Waals surface area (Å²) in [7, 11) is 4.16. The highest BCUT2D eigenvalue weighted by molar-refractivity contribution is 5.40. The van der Waals surface area contributed by atoms with E-state index in [1.54, 1.807) is 0 Å². The van der Waals surface area contributed by atoms with Gasteiger partial charge in [-0.05, 0) is 57.5 Å². The van der Waals surface area contributed by atoms with Crippen LogP contribution < -0.4 is 0 Å². The average Bonchev–Trinajstić information content (AvgIpc) is 2.21. The molecule has 0 aliphatic rings. The molecule has 0 aliphatic heterocycles. The average molecular weight is 235 g/mol. The van der Waals surface area contributed by atoms with Crippen molar-refractivity contribution in [3.8, 4) is 0 Å². The van der Waals surface area contributed by atoms with Gasteiger partial charge in [0, 0.05) is 12.6 Å². The van der Waals surface area contributed by atoms with E-state index in [4.69, 9.17) is 0 Å². The minimum absolute atomic E-state index is 0.218. The third kappa shape index (κ3) is 3.08. The van der Waals surface area contributed by atoms with E-state index in [1.807, 2.05) is 0 Å². The van der Waals surface area contributed by atoms with E-state index in [1.165, 1.54) is 22.3 Å². The molecule has 0 saturated carbocycles. The highest BCUT2D eigenvalue weighted by atomic mass is 16.3. The number of benzene rings is 1. The van der Waals surface area contributed by atoms with Crippen molar-refractivity contribution in [2.24, 2.45) is 5.92 Å². The Hall–Kier alpha value is -0.860. The predicted molar refractivity (Wildman–Crippen MR) is 73.3 cm³/mol. The van der Waals surface area contributed by atoms with Gasteiger partial charge in [-0.1, -0.05) is 24.6 Å². The molecule has 1 aromatic carbocycles. The molecule has 0 heterocycles. The van der Waals surface area contributed by atoms with Crippen molar-refractivity contribution in [3.05, 3.63) is 34.4 Å². The Kier molecular flexibility index (Phi) is 4.72. The predicted octanol–water partition coefficient (Wildman–Crippen LogP) is 2.84. The van der Waals surface area contributed by atoms with E-state index >= 15 is 0 Å². The summed E-state index contributed by atoms with van der Waals surface area (Å²) < 4.78 is 0. The Bertz CT molecular complexity index is 362. The standard InChI is InChI=1S/C15H25NO/c1-10-7-11(2)14(12(3)8-10)15(16(5)6)13(4)9-17/h7-8,13,15,17H,9H2,1-6H3. The van der Waals surface area contributed by atoms with Crippen molar-refractivity contribution in [1.82, 2.24) is 4.90 Å². The Morgan fingerprint density at radius 1 is 1.12 bits per heavy atom. The van der Waals surface area contributed by atoms with Crippen LogP contribution in [0.4, 0.5) is 0 Å². The van der Waals surface area contributed by atoms with Crippen LogP contribution in [-0.2, 0) is 0 Å². The van der Waals surface area contributed by atoms with Crippen LogP contribution >= 0.6 is 0 Å². The third-order valence-electron chi connectivity index (χ3n) is 3.42. The van der Waals surface area contributed by atoms with Crippen molar-refractivity contribution < 1.29 is 5.11 Å². The number of aryl methyl sites for hydroxylation is 3. The number of hydrogen-bond acceptors (Lipinski definition) is 2. The van der Waals surface area contributed by atoms with E-state index in [9.17, 15) is 5.11 Å². The largest absolute Gasteiger partial charge is 0.396 e. The van der Waals surface area contributed by atoms with Gasteiger partial charge in [-0.2, -0.15) is 0 Å². The molecule has 96 valence electrons. The molecule has 2 atom stereocenters. The number of rotatable bonds is 4. The highest BCUT2D eigenvalue weighted by Gasteiger charge is 2.24. The first-order chi connectivity index (χ1) is 7.88. The van der Waals surface area contributed by atoms with Gasteiger partial charge in [-0.15, -0.1) is 0 Å². The Labute approximate surface area is 105 Å². The van der Waals surface area contributed by atoms with Gasteiger partial charge in [0.2, 0.25) is 0 Å².